The molecule has 2 aliphatic heterocycles. The molecule has 0 atom stereocenters. The Morgan fingerprint density at radius 3 is 1.38 bits per heavy atom. The minimum Gasteiger partial charge on any atom is -0.383 e. The number of nitrogens with two attached hydrogens (primary N) is 2. The van der Waals surface area contributed by atoms with Crippen molar-refractivity contribution in [2.45, 2.75) is 101 Å². The summed E-state index contributed by atoms with van der Waals surface area (Å²) in [5.41, 5.74) is 16.6. The van der Waals surface area contributed by atoms with Gasteiger partial charge in [-0.2, -0.15) is 26.3 Å². The third-order valence-corrected chi connectivity index (χ3v) is 15.6. The molecule has 16 nitrogen and oxygen atoms in total. The van der Waals surface area contributed by atoms with Gasteiger partial charge in [-0.15, -0.1) is 0 Å². The lowest BCUT2D eigenvalue weighted by atomic mass is 10.0. The predicted molar refractivity (Wildman–Crippen MR) is 341 cm³/mol. The number of carbonyl (C=O) groups is 2. The molecular formula is C67H78F6N14O2. The Kier molecular flexibility index (Phi) is 22.1. The molecule has 2 fully saturated rings. The van der Waals surface area contributed by atoms with E-state index >= 15 is 0 Å². The van der Waals surface area contributed by atoms with Crippen molar-refractivity contribution in [3.63, 3.8) is 0 Å². The van der Waals surface area contributed by atoms with Crippen LogP contribution in [0.3, 0.4) is 0 Å². The van der Waals surface area contributed by atoms with Gasteiger partial charge in [0.25, 0.3) is 11.8 Å². The maximum Gasteiger partial charge on any atom is 0.416 e. The van der Waals surface area contributed by atoms with Crippen molar-refractivity contribution in [2.75, 3.05) is 87.5 Å². The summed E-state index contributed by atoms with van der Waals surface area (Å²) < 4.78 is 88.3. The molecule has 0 radical (unpaired) electrons. The molecule has 6 N–H and O–H groups in total. The fourth-order valence-electron chi connectivity index (χ4n) is 10.6. The molecule has 2 amide bonds. The van der Waals surface area contributed by atoms with Gasteiger partial charge in [-0.3, -0.25) is 19.4 Å². The van der Waals surface area contributed by atoms with Crippen LogP contribution in [0.4, 0.5) is 49.4 Å². The standard InChI is InChI=1S/C33H36F3N7O.C32H34F3N7O.2CH4/c1-5-41-12-14-42(15-13-41)18-25-10-11-27(17-28(25)33(34,35)36)40-32(44)24-7-6-22(4)23(16-24)8-9-26-19-43(21(2)3)31-29(26)30(37)38-20-39-31;1-4-40-12-14-41(15-13-40)18-24-10-11-26(17-27(24)32(33,34)35)39-31(43)23-7-5-6-22(16-23)8-9-25-19-42(21(2)3)30-28(25)29(36)37-20-38-30;;/h6-7,10-11,16-17,19-21H,5,12-15,18H2,1-4H3,(H,40,44)(H2,37,38,39);5-7,10-11,16-17,19-21H,4,12-15,18H2,1-3H3,(H,39,43)(H2,36,37,38);2*1H4. The number of aryl methyl sites for hydroxylation is 1. The number of likely N-dealkylation sites (N-methyl/N-ethyl adjacent to an activating group) is 2. The van der Waals surface area contributed by atoms with Crippen LogP contribution in [0.5, 0.6) is 0 Å². The molecule has 89 heavy (non-hydrogen) atoms. The van der Waals surface area contributed by atoms with Gasteiger partial charge in [0.15, 0.2) is 0 Å². The lowest BCUT2D eigenvalue weighted by molar-refractivity contribution is -0.139. The molecule has 8 aromatic rings. The van der Waals surface area contributed by atoms with Crippen LogP contribution in [-0.2, 0) is 25.4 Å². The summed E-state index contributed by atoms with van der Waals surface area (Å²) in [6.07, 6.45) is -2.52. The molecule has 0 unspecified atom stereocenters. The number of nitrogen functional groups attached to an aromatic ring is 2. The van der Waals surface area contributed by atoms with E-state index in [0.29, 0.717) is 82.1 Å². The molecule has 0 bridgehead atoms. The summed E-state index contributed by atoms with van der Waals surface area (Å²) in [5, 5.41) is 6.58. The highest BCUT2D eigenvalue weighted by Gasteiger charge is 2.36. The van der Waals surface area contributed by atoms with E-state index in [9.17, 15) is 35.9 Å². The maximum atomic E-state index is 14.1. The second-order valence-electron chi connectivity index (χ2n) is 22.2. The lowest BCUT2D eigenvalue weighted by Crippen LogP contribution is -2.45. The Labute approximate surface area is 516 Å². The first-order valence-electron chi connectivity index (χ1n) is 28.9. The lowest BCUT2D eigenvalue weighted by Gasteiger charge is -2.34. The third kappa shape index (κ3) is 16.3. The smallest absolute Gasteiger partial charge is 0.383 e. The summed E-state index contributed by atoms with van der Waals surface area (Å²) in [6.45, 7) is 22.6. The molecule has 0 aliphatic carbocycles. The van der Waals surface area contributed by atoms with Crippen LogP contribution in [0.25, 0.3) is 22.1 Å². The average molecular weight is 1230 g/mol. The predicted octanol–water partition coefficient (Wildman–Crippen LogP) is 12.4. The van der Waals surface area contributed by atoms with Crippen LogP contribution in [-0.4, -0.2) is 126 Å². The summed E-state index contributed by atoms with van der Waals surface area (Å²) in [7, 11) is 0. The monoisotopic (exact) mass is 1220 g/mol. The number of nitrogens with zero attached hydrogens (tertiary/aromatic N) is 10. The van der Waals surface area contributed by atoms with Crippen molar-refractivity contribution in [1.29, 1.82) is 0 Å². The molecule has 6 heterocycles. The van der Waals surface area contributed by atoms with Crippen LogP contribution in [0.1, 0.15) is 139 Å². The second-order valence-corrected chi connectivity index (χ2v) is 22.2. The van der Waals surface area contributed by atoms with E-state index in [-0.39, 0.29) is 73.7 Å². The van der Waals surface area contributed by atoms with Gasteiger partial charge >= 0.3 is 12.4 Å². The highest BCUT2D eigenvalue weighted by Crippen LogP contribution is 2.37. The Morgan fingerprint density at radius 1 is 0.539 bits per heavy atom. The highest BCUT2D eigenvalue weighted by atomic mass is 19.4. The third-order valence-electron chi connectivity index (χ3n) is 15.6. The van der Waals surface area contributed by atoms with Gasteiger partial charge in [0.05, 0.1) is 33.0 Å². The molecule has 2 saturated heterocycles. The number of fused-ring (bicyclic) bond motifs is 2. The minimum absolute atomic E-state index is 0. The van der Waals surface area contributed by atoms with E-state index in [0.717, 1.165) is 57.0 Å². The van der Waals surface area contributed by atoms with Crippen molar-refractivity contribution < 1.29 is 35.9 Å². The van der Waals surface area contributed by atoms with Crippen molar-refractivity contribution in [2.24, 2.45) is 0 Å². The number of hydrogen-bond donors (Lipinski definition) is 4. The number of hydrogen-bond acceptors (Lipinski definition) is 12. The largest absolute Gasteiger partial charge is 0.416 e. The molecular weight excluding hydrogens is 1150 g/mol. The van der Waals surface area contributed by atoms with E-state index < -0.39 is 35.3 Å². The second kappa shape index (κ2) is 29.0. The zero-order chi connectivity index (χ0) is 62.3. The SMILES string of the molecule is C.C.CCN1CCN(Cc2ccc(NC(=O)c3ccc(C)c(C#Cc4cn(C(C)C)c5ncnc(N)c45)c3)cc2C(F)(F)F)CC1.CCN1CCN(Cc2ccc(NC(=O)c3cccc(C#Cc4cn(C(C)C)c5ncnc(N)c45)c3)cc2C(F)(F)F)CC1. The first-order valence-corrected chi connectivity index (χ1v) is 28.9. The van der Waals surface area contributed by atoms with E-state index in [4.69, 9.17) is 11.5 Å². The van der Waals surface area contributed by atoms with Crippen LogP contribution >= 0.6 is 0 Å². The summed E-state index contributed by atoms with van der Waals surface area (Å²) in [4.78, 5) is 51.8. The van der Waals surface area contributed by atoms with E-state index in [2.05, 4.69) is 77.9 Å². The topological polar surface area (TPSA) is 185 Å². The average Bonchev–Trinajstić information content (AvgIpc) is 2.56. The van der Waals surface area contributed by atoms with Crippen molar-refractivity contribution in [3.05, 3.63) is 165 Å². The van der Waals surface area contributed by atoms with Crippen molar-refractivity contribution in [1.82, 2.24) is 48.7 Å². The van der Waals surface area contributed by atoms with Crippen LogP contribution < -0.4 is 22.1 Å². The number of alkyl halides is 6. The number of halogens is 6. The molecule has 4 aromatic heterocycles. The number of piperazine rings is 2. The van der Waals surface area contributed by atoms with Crippen molar-refractivity contribution >= 4 is 56.9 Å². The van der Waals surface area contributed by atoms with E-state index in [1.54, 1.807) is 42.5 Å². The summed E-state index contributed by atoms with van der Waals surface area (Å²) >= 11 is 0. The number of anilines is 4. The van der Waals surface area contributed by atoms with Crippen LogP contribution in [0.15, 0.2) is 104 Å². The Hall–Kier alpha value is -8.80. The number of amides is 2. The van der Waals surface area contributed by atoms with E-state index in [1.807, 2.05) is 65.9 Å². The summed E-state index contributed by atoms with van der Waals surface area (Å²) in [5.74, 6) is 12.0. The van der Waals surface area contributed by atoms with Gasteiger partial charge in [-0.05, 0) is 119 Å². The number of nitrogens with one attached hydrogen (secondary N) is 2. The van der Waals surface area contributed by atoms with E-state index in [1.165, 1.54) is 36.9 Å². The number of rotatable bonds is 12. The first-order chi connectivity index (χ1) is 41.5. The van der Waals surface area contributed by atoms with Gasteiger partial charge in [0.2, 0.25) is 0 Å². The molecule has 0 spiro atoms. The Balaban J connectivity index is 0.000000248. The molecule has 22 heteroatoms. The van der Waals surface area contributed by atoms with Crippen molar-refractivity contribution in [3.8, 4) is 23.7 Å². The highest BCUT2D eigenvalue weighted by molar-refractivity contribution is 6.05. The zero-order valence-electron chi connectivity index (χ0n) is 49.7. The molecule has 470 valence electrons. The number of aromatic nitrogens is 6. The maximum absolute atomic E-state index is 14.1. The van der Waals surface area contributed by atoms with Crippen LogP contribution in [0, 0.1) is 30.6 Å². The minimum atomic E-state index is -4.55. The summed E-state index contributed by atoms with van der Waals surface area (Å²) in [6, 6.07) is 19.9. The zero-order valence-corrected chi connectivity index (χ0v) is 49.7. The number of benzene rings is 4. The van der Waals surface area contributed by atoms with Crippen LogP contribution in [0.2, 0.25) is 0 Å². The fraction of sp³-hybridized carbons (Fsp3) is 0.373. The van der Waals surface area contributed by atoms with Gasteiger partial charge in [-0.25, -0.2) is 19.9 Å². The molecule has 0 saturated carbocycles. The fourth-order valence-corrected chi connectivity index (χ4v) is 10.6. The molecule has 4 aromatic carbocycles. The van der Waals surface area contributed by atoms with Gasteiger partial charge in [0.1, 0.15) is 35.6 Å². The van der Waals surface area contributed by atoms with Gasteiger partial charge in [-0.1, -0.05) is 76.6 Å². The molecule has 10 rings (SSSR count). The number of carbonyl (C=O) groups excluding carboxylic acids is 2. The molecule has 2 aliphatic rings. The van der Waals surface area contributed by atoms with Gasteiger partial charge in [0, 0.05) is 124 Å². The van der Waals surface area contributed by atoms with Gasteiger partial charge < -0.3 is 41.0 Å². The Bertz CT molecular complexity index is 3940. The first kappa shape index (κ1) is 67.7. The normalized spacial score (nSPS) is 14.2. The Morgan fingerprint density at radius 2 is 0.955 bits per heavy atom. The quantitative estimate of drug-likeness (QED) is 0.0671.